The first-order chi connectivity index (χ1) is 16.7. The first-order valence-electron chi connectivity index (χ1n) is 11.7. The second kappa shape index (κ2) is 12.4. The van der Waals surface area contributed by atoms with E-state index in [0.717, 1.165) is 44.2 Å². The molecule has 0 saturated carbocycles. The summed E-state index contributed by atoms with van der Waals surface area (Å²) in [5, 5.41) is 5.66. The second-order valence-corrected chi connectivity index (χ2v) is 8.24. The zero-order valence-electron chi connectivity index (χ0n) is 19.3. The zero-order valence-corrected chi connectivity index (χ0v) is 19.3. The lowest BCUT2D eigenvalue weighted by Gasteiger charge is -2.27. The molecule has 9 heteroatoms. The van der Waals surface area contributed by atoms with Crippen LogP contribution >= 0.6 is 0 Å². The Hall–Kier alpha value is -3.14. The van der Waals surface area contributed by atoms with Crippen molar-refractivity contribution in [3.8, 4) is 5.75 Å². The van der Waals surface area contributed by atoms with E-state index in [1.54, 1.807) is 29.2 Å². The summed E-state index contributed by atoms with van der Waals surface area (Å²) in [5.74, 6) is 0.722. The molecule has 0 spiro atoms. The minimum absolute atomic E-state index is 0.0576. The van der Waals surface area contributed by atoms with Crippen LogP contribution in [0.1, 0.15) is 15.9 Å². The van der Waals surface area contributed by atoms with Crippen LogP contribution in [0.3, 0.4) is 0 Å². The molecule has 0 aromatic heterocycles. The van der Waals surface area contributed by atoms with E-state index in [2.05, 4.69) is 15.5 Å². The normalized spacial score (nSPS) is 16.6. The third-order valence-corrected chi connectivity index (χ3v) is 5.80. The highest BCUT2D eigenvalue weighted by Crippen LogP contribution is 2.15. The van der Waals surface area contributed by atoms with Crippen LogP contribution in [-0.4, -0.2) is 87.5 Å². The summed E-state index contributed by atoms with van der Waals surface area (Å²) in [7, 11) is 0. The Kier molecular flexibility index (Phi) is 8.72. The first kappa shape index (κ1) is 24.0. The van der Waals surface area contributed by atoms with Crippen molar-refractivity contribution in [1.82, 2.24) is 15.1 Å². The summed E-state index contributed by atoms with van der Waals surface area (Å²) < 4.78 is 16.5. The van der Waals surface area contributed by atoms with E-state index >= 15 is 0 Å². The molecule has 2 aromatic carbocycles. The van der Waals surface area contributed by atoms with Crippen LogP contribution in [0.15, 0.2) is 48.5 Å². The van der Waals surface area contributed by atoms with E-state index in [4.69, 9.17) is 14.2 Å². The average molecular weight is 469 g/mol. The van der Waals surface area contributed by atoms with Gasteiger partial charge < -0.3 is 29.7 Å². The van der Waals surface area contributed by atoms with E-state index < -0.39 is 0 Å². The maximum Gasteiger partial charge on any atom is 0.319 e. The van der Waals surface area contributed by atoms with Gasteiger partial charge in [-0.2, -0.15) is 0 Å². The van der Waals surface area contributed by atoms with Crippen LogP contribution in [0.2, 0.25) is 0 Å². The highest BCUT2D eigenvalue weighted by molar-refractivity contribution is 5.97. The van der Waals surface area contributed by atoms with Gasteiger partial charge in [0.2, 0.25) is 0 Å². The van der Waals surface area contributed by atoms with Crippen molar-refractivity contribution in [1.29, 1.82) is 0 Å². The third-order valence-electron chi connectivity index (χ3n) is 5.80. The summed E-state index contributed by atoms with van der Waals surface area (Å²) in [4.78, 5) is 29.2. The van der Waals surface area contributed by atoms with E-state index in [-0.39, 0.29) is 11.9 Å². The van der Waals surface area contributed by atoms with Crippen molar-refractivity contribution in [2.45, 2.75) is 6.54 Å². The minimum Gasteiger partial charge on any atom is -0.492 e. The molecule has 9 nitrogen and oxygen atoms in total. The molecule has 0 bridgehead atoms. The summed E-state index contributed by atoms with van der Waals surface area (Å²) in [6.45, 7) is 7.50. The van der Waals surface area contributed by atoms with Gasteiger partial charge in [0.05, 0.1) is 26.4 Å². The fourth-order valence-corrected chi connectivity index (χ4v) is 3.90. The van der Waals surface area contributed by atoms with Crippen LogP contribution in [-0.2, 0) is 16.0 Å². The number of rotatable bonds is 8. The molecule has 2 aromatic rings. The molecule has 0 aliphatic carbocycles. The lowest BCUT2D eigenvalue weighted by molar-refractivity contribution is 0.0303. The fraction of sp³-hybridized carbons (Fsp3) is 0.440. The number of benzene rings is 2. The van der Waals surface area contributed by atoms with Gasteiger partial charge in [0, 0.05) is 50.5 Å². The van der Waals surface area contributed by atoms with Gasteiger partial charge in [-0.25, -0.2) is 4.79 Å². The topological polar surface area (TPSA) is 92.4 Å². The van der Waals surface area contributed by atoms with Crippen molar-refractivity contribution >= 4 is 17.6 Å². The molecule has 34 heavy (non-hydrogen) atoms. The van der Waals surface area contributed by atoms with Crippen molar-refractivity contribution in [3.05, 3.63) is 59.7 Å². The van der Waals surface area contributed by atoms with Gasteiger partial charge in [-0.3, -0.25) is 9.69 Å². The largest absolute Gasteiger partial charge is 0.492 e. The number of anilines is 1. The molecule has 2 N–H and O–H groups in total. The zero-order chi connectivity index (χ0) is 23.6. The van der Waals surface area contributed by atoms with Gasteiger partial charge in [0.1, 0.15) is 12.4 Å². The number of carbonyl (C=O) groups excluding carboxylic acids is 2. The van der Waals surface area contributed by atoms with Gasteiger partial charge in [0.15, 0.2) is 0 Å². The van der Waals surface area contributed by atoms with E-state index in [1.165, 1.54) is 0 Å². The number of hydrogen-bond acceptors (Lipinski definition) is 6. The number of ether oxygens (including phenoxy) is 3. The summed E-state index contributed by atoms with van der Waals surface area (Å²) >= 11 is 0. The van der Waals surface area contributed by atoms with Crippen molar-refractivity contribution in [2.24, 2.45) is 0 Å². The molecule has 0 unspecified atom stereocenters. The number of nitrogens with one attached hydrogen (secondary N) is 2. The average Bonchev–Trinajstić information content (AvgIpc) is 2.89. The molecule has 182 valence electrons. The molecule has 0 atom stereocenters. The Bertz CT molecular complexity index is 958. The molecule has 2 aliphatic rings. The summed E-state index contributed by atoms with van der Waals surface area (Å²) in [5.41, 5.74) is 2.05. The SMILES string of the molecule is O=C(NCc1cccc(OCCN2CCOCC2)c1)Nc1cccc(C(=O)N2CCOCC2)c1. The van der Waals surface area contributed by atoms with Crippen molar-refractivity contribution < 1.29 is 23.8 Å². The smallest absolute Gasteiger partial charge is 0.319 e. The number of morpholine rings is 2. The predicted octanol–water partition coefficient (Wildman–Crippen LogP) is 2.19. The van der Waals surface area contributed by atoms with Crippen LogP contribution in [0.25, 0.3) is 0 Å². The lowest BCUT2D eigenvalue weighted by atomic mass is 10.1. The van der Waals surface area contributed by atoms with E-state index in [9.17, 15) is 9.59 Å². The maximum absolute atomic E-state index is 12.7. The highest BCUT2D eigenvalue weighted by Gasteiger charge is 2.19. The minimum atomic E-state index is -0.338. The monoisotopic (exact) mass is 468 g/mol. The second-order valence-electron chi connectivity index (χ2n) is 8.24. The molecule has 3 amide bonds. The van der Waals surface area contributed by atoms with Crippen molar-refractivity contribution in [3.63, 3.8) is 0 Å². The molecular formula is C25H32N4O5. The molecule has 0 radical (unpaired) electrons. The molecule has 2 heterocycles. The molecule has 2 fully saturated rings. The molecule has 2 aliphatic heterocycles. The first-order valence-corrected chi connectivity index (χ1v) is 11.7. The number of amides is 3. The predicted molar refractivity (Wildman–Crippen MR) is 128 cm³/mol. The Morgan fingerprint density at radius 1 is 0.912 bits per heavy atom. The highest BCUT2D eigenvalue weighted by atomic mass is 16.5. The molecule has 2 saturated heterocycles. The Morgan fingerprint density at radius 2 is 1.65 bits per heavy atom. The van der Waals surface area contributed by atoms with E-state index in [0.29, 0.717) is 50.7 Å². The lowest BCUT2D eigenvalue weighted by Crippen LogP contribution is -2.40. The van der Waals surface area contributed by atoms with Crippen LogP contribution in [0, 0.1) is 0 Å². The number of nitrogens with zero attached hydrogens (tertiary/aromatic N) is 2. The maximum atomic E-state index is 12.7. The third kappa shape index (κ3) is 7.18. The van der Waals surface area contributed by atoms with Gasteiger partial charge in [-0.15, -0.1) is 0 Å². The Labute approximate surface area is 200 Å². The number of carbonyl (C=O) groups is 2. The van der Waals surface area contributed by atoms with Crippen molar-refractivity contribution in [2.75, 3.05) is 71.1 Å². The standard InChI is InChI=1S/C25H32N4O5/c30-24(29-10-14-33-15-11-29)21-4-2-5-22(18-21)27-25(31)26-19-20-3-1-6-23(17-20)34-16-9-28-7-12-32-13-8-28/h1-6,17-18H,7-16,19H2,(H2,26,27,31). The fourth-order valence-electron chi connectivity index (χ4n) is 3.90. The quantitative estimate of drug-likeness (QED) is 0.617. The van der Waals surface area contributed by atoms with Gasteiger partial charge in [-0.1, -0.05) is 18.2 Å². The van der Waals surface area contributed by atoms with Crippen LogP contribution in [0.4, 0.5) is 10.5 Å². The van der Waals surface area contributed by atoms with Crippen LogP contribution in [0.5, 0.6) is 5.75 Å². The molecular weight excluding hydrogens is 436 g/mol. The van der Waals surface area contributed by atoms with Gasteiger partial charge >= 0.3 is 6.03 Å². The number of hydrogen-bond donors (Lipinski definition) is 2. The van der Waals surface area contributed by atoms with Gasteiger partial charge in [0.25, 0.3) is 5.91 Å². The number of urea groups is 1. The Morgan fingerprint density at radius 3 is 2.44 bits per heavy atom. The molecule has 4 rings (SSSR count). The van der Waals surface area contributed by atoms with Crippen LogP contribution < -0.4 is 15.4 Å². The van der Waals surface area contributed by atoms with E-state index in [1.807, 2.05) is 24.3 Å². The Balaban J connectivity index is 1.23. The summed E-state index contributed by atoms with van der Waals surface area (Å²) in [6, 6.07) is 14.3. The van der Waals surface area contributed by atoms with Gasteiger partial charge in [-0.05, 0) is 35.9 Å². The summed E-state index contributed by atoms with van der Waals surface area (Å²) in [6.07, 6.45) is 0.